The SMILES string of the molecule is Nc1cc(Cc2cnn(Cc3nc(-c4ccccc4)no3)c2)c(/N=N/c2ccc(Cl)cc2)c(N)n1. The Hall–Kier alpha value is -4.57. The second kappa shape index (κ2) is 9.74. The van der Waals surface area contributed by atoms with Gasteiger partial charge in [0, 0.05) is 23.2 Å². The third-order valence-electron chi connectivity index (χ3n) is 5.09. The number of azo groups is 1. The van der Waals surface area contributed by atoms with Crippen LogP contribution in [0.3, 0.4) is 0 Å². The zero-order valence-corrected chi connectivity index (χ0v) is 19.2. The van der Waals surface area contributed by atoms with E-state index >= 15 is 0 Å². The summed E-state index contributed by atoms with van der Waals surface area (Å²) in [6.45, 7) is 0.337. The topological polar surface area (TPSA) is 146 Å². The van der Waals surface area contributed by atoms with Gasteiger partial charge in [-0.2, -0.15) is 15.2 Å². The van der Waals surface area contributed by atoms with Crippen molar-refractivity contribution in [2.24, 2.45) is 10.2 Å². The summed E-state index contributed by atoms with van der Waals surface area (Å²) in [6, 6.07) is 18.4. The van der Waals surface area contributed by atoms with Crippen LogP contribution in [0.2, 0.25) is 5.02 Å². The number of nitrogens with zero attached hydrogens (tertiary/aromatic N) is 7. The molecule has 0 fully saturated rings. The van der Waals surface area contributed by atoms with Gasteiger partial charge in [-0.05, 0) is 41.5 Å². The molecule has 11 heteroatoms. The van der Waals surface area contributed by atoms with Crippen molar-refractivity contribution in [2.45, 2.75) is 13.0 Å². The zero-order chi connectivity index (χ0) is 24.2. The fourth-order valence-corrected chi connectivity index (χ4v) is 3.59. The van der Waals surface area contributed by atoms with Crippen LogP contribution in [0.15, 0.2) is 87.8 Å². The van der Waals surface area contributed by atoms with Gasteiger partial charge >= 0.3 is 0 Å². The maximum absolute atomic E-state index is 6.11. The van der Waals surface area contributed by atoms with E-state index in [1.807, 2.05) is 36.5 Å². The van der Waals surface area contributed by atoms with E-state index in [2.05, 4.69) is 30.5 Å². The number of halogens is 1. The van der Waals surface area contributed by atoms with E-state index in [0.29, 0.717) is 46.9 Å². The Morgan fingerprint density at radius 2 is 1.77 bits per heavy atom. The highest BCUT2D eigenvalue weighted by atomic mass is 35.5. The van der Waals surface area contributed by atoms with Crippen LogP contribution in [0, 0.1) is 0 Å². The van der Waals surface area contributed by atoms with Gasteiger partial charge in [-0.3, -0.25) is 4.68 Å². The molecule has 0 amide bonds. The van der Waals surface area contributed by atoms with Crippen LogP contribution in [0.25, 0.3) is 11.4 Å². The van der Waals surface area contributed by atoms with E-state index in [1.54, 1.807) is 41.2 Å². The first-order valence-corrected chi connectivity index (χ1v) is 11.0. The molecule has 0 unspecified atom stereocenters. The first-order chi connectivity index (χ1) is 17.0. The van der Waals surface area contributed by atoms with Crippen molar-refractivity contribution in [3.05, 3.63) is 95.1 Å². The van der Waals surface area contributed by atoms with E-state index in [9.17, 15) is 0 Å². The van der Waals surface area contributed by atoms with Gasteiger partial charge in [-0.1, -0.05) is 47.1 Å². The molecule has 0 bridgehead atoms. The predicted octanol–water partition coefficient (Wildman–Crippen LogP) is 5.20. The van der Waals surface area contributed by atoms with Gasteiger partial charge in [0.05, 0.1) is 11.9 Å². The minimum Gasteiger partial charge on any atom is -0.384 e. The van der Waals surface area contributed by atoms with Gasteiger partial charge < -0.3 is 16.0 Å². The first kappa shape index (κ1) is 22.2. The maximum Gasteiger partial charge on any atom is 0.248 e. The fraction of sp³-hybridized carbons (Fsp3) is 0.0833. The average Bonchev–Trinajstić information content (AvgIpc) is 3.50. The lowest BCUT2D eigenvalue weighted by atomic mass is 10.1. The van der Waals surface area contributed by atoms with Crippen LogP contribution in [0.1, 0.15) is 17.0 Å². The minimum absolute atomic E-state index is 0.199. The Labute approximate surface area is 205 Å². The van der Waals surface area contributed by atoms with Crippen LogP contribution in [-0.2, 0) is 13.0 Å². The van der Waals surface area contributed by atoms with E-state index in [4.69, 9.17) is 27.6 Å². The van der Waals surface area contributed by atoms with Gasteiger partial charge in [0.15, 0.2) is 5.82 Å². The highest BCUT2D eigenvalue weighted by molar-refractivity contribution is 6.30. The molecular weight excluding hydrogens is 466 g/mol. The molecule has 0 atom stereocenters. The molecule has 5 rings (SSSR count). The smallest absolute Gasteiger partial charge is 0.248 e. The maximum atomic E-state index is 6.11. The molecule has 5 aromatic rings. The lowest BCUT2D eigenvalue weighted by Gasteiger charge is -2.07. The third-order valence-corrected chi connectivity index (χ3v) is 5.34. The summed E-state index contributed by atoms with van der Waals surface area (Å²) in [7, 11) is 0. The van der Waals surface area contributed by atoms with Gasteiger partial charge in [0.2, 0.25) is 11.7 Å². The van der Waals surface area contributed by atoms with Gasteiger partial charge in [-0.15, -0.1) is 5.11 Å². The van der Waals surface area contributed by atoms with Gasteiger partial charge in [0.25, 0.3) is 0 Å². The van der Waals surface area contributed by atoms with Crippen LogP contribution in [-0.4, -0.2) is 24.9 Å². The quantitative estimate of drug-likeness (QED) is 0.301. The number of aromatic nitrogens is 5. The summed E-state index contributed by atoms with van der Waals surface area (Å²) in [5.41, 5.74) is 15.7. The molecule has 0 saturated carbocycles. The standard InChI is InChI=1S/C24H20ClN9O/c25-18-6-8-19(9-7-18)31-32-22-17(11-20(26)29-23(22)27)10-15-12-28-34(13-15)14-21-30-24(33-35-21)16-4-2-1-3-5-16/h1-9,11-13H,10,14H2,(H4,26,27,29)/b32-31+. The van der Waals surface area contributed by atoms with Crippen molar-refractivity contribution >= 4 is 34.6 Å². The van der Waals surface area contributed by atoms with Crippen molar-refractivity contribution in [1.29, 1.82) is 0 Å². The highest BCUT2D eigenvalue weighted by Crippen LogP contribution is 2.31. The second-order valence-corrected chi connectivity index (χ2v) is 8.15. The van der Waals surface area contributed by atoms with Crippen LogP contribution < -0.4 is 11.5 Å². The van der Waals surface area contributed by atoms with Crippen molar-refractivity contribution in [2.75, 3.05) is 11.5 Å². The van der Waals surface area contributed by atoms with Crippen molar-refractivity contribution < 1.29 is 4.52 Å². The Bertz CT molecular complexity index is 1480. The molecule has 3 aromatic heterocycles. The largest absolute Gasteiger partial charge is 0.384 e. The molecule has 4 N–H and O–H groups in total. The molecule has 10 nitrogen and oxygen atoms in total. The molecule has 0 aliphatic rings. The molecular formula is C24H20ClN9O. The number of rotatable bonds is 7. The second-order valence-electron chi connectivity index (χ2n) is 7.72. The summed E-state index contributed by atoms with van der Waals surface area (Å²) in [5.74, 6) is 1.49. The number of nitrogen functional groups attached to an aromatic ring is 2. The molecule has 0 aliphatic carbocycles. The molecule has 2 aromatic carbocycles. The summed E-state index contributed by atoms with van der Waals surface area (Å²) in [5, 5.41) is 17.7. The summed E-state index contributed by atoms with van der Waals surface area (Å²) >= 11 is 5.93. The first-order valence-electron chi connectivity index (χ1n) is 10.6. The summed E-state index contributed by atoms with van der Waals surface area (Å²) in [6.07, 6.45) is 4.12. The Kier molecular flexibility index (Phi) is 6.18. The Morgan fingerprint density at radius 1 is 0.971 bits per heavy atom. The van der Waals surface area contributed by atoms with Crippen LogP contribution in [0.4, 0.5) is 23.0 Å². The van der Waals surface area contributed by atoms with Crippen LogP contribution in [0.5, 0.6) is 0 Å². The summed E-state index contributed by atoms with van der Waals surface area (Å²) < 4.78 is 7.11. The molecule has 0 aliphatic heterocycles. The molecule has 0 saturated heterocycles. The summed E-state index contributed by atoms with van der Waals surface area (Å²) in [4.78, 5) is 8.57. The minimum atomic E-state index is 0.199. The number of hydrogen-bond acceptors (Lipinski definition) is 9. The monoisotopic (exact) mass is 485 g/mol. The Balaban J connectivity index is 1.33. The van der Waals surface area contributed by atoms with Crippen molar-refractivity contribution in [1.82, 2.24) is 24.9 Å². The fourth-order valence-electron chi connectivity index (χ4n) is 3.47. The zero-order valence-electron chi connectivity index (χ0n) is 18.4. The van der Waals surface area contributed by atoms with Crippen LogP contribution >= 0.6 is 11.6 Å². The average molecular weight is 486 g/mol. The van der Waals surface area contributed by atoms with E-state index in [0.717, 1.165) is 16.7 Å². The van der Waals surface area contributed by atoms with Gasteiger partial charge in [0.1, 0.15) is 18.1 Å². The Morgan fingerprint density at radius 3 is 2.57 bits per heavy atom. The molecule has 3 heterocycles. The lowest BCUT2D eigenvalue weighted by Crippen LogP contribution is -2.01. The van der Waals surface area contributed by atoms with Gasteiger partial charge in [-0.25, -0.2) is 4.98 Å². The van der Waals surface area contributed by atoms with E-state index in [1.165, 1.54) is 0 Å². The number of hydrogen-bond donors (Lipinski definition) is 2. The van der Waals surface area contributed by atoms with E-state index in [-0.39, 0.29) is 5.82 Å². The van der Waals surface area contributed by atoms with Crippen molar-refractivity contribution in [3.8, 4) is 11.4 Å². The number of pyridine rings is 1. The molecule has 0 radical (unpaired) electrons. The van der Waals surface area contributed by atoms with Crippen molar-refractivity contribution in [3.63, 3.8) is 0 Å². The lowest BCUT2D eigenvalue weighted by molar-refractivity contribution is 0.366. The van der Waals surface area contributed by atoms with E-state index < -0.39 is 0 Å². The predicted molar refractivity (Wildman–Crippen MR) is 133 cm³/mol. The highest BCUT2D eigenvalue weighted by Gasteiger charge is 2.13. The third kappa shape index (κ3) is 5.33. The number of nitrogens with two attached hydrogens (primary N) is 2. The molecule has 174 valence electrons. The molecule has 0 spiro atoms. The normalized spacial score (nSPS) is 11.3. The molecule has 35 heavy (non-hydrogen) atoms. The number of anilines is 2. The number of benzene rings is 2.